The number of esters is 1. The normalized spacial score (nSPS) is 23.2. The molecule has 0 aromatic heterocycles. The van der Waals surface area contributed by atoms with E-state index in [1.165, 1.54) is 13.2 Å². The van der Waals surface area contributed by atoms with Crippen LogP contribution >= 0.6 is 0 Å². The Kier molecular flexibility index (Phi) is 6.47. The number of morpholine rings is 1. The summed E-state index contributed by atoms with van der Waals surface area (Å²) in [6.45, 7) is 6.06. The lowest BCUT2D eigenvalue weighted by Crippen LogP contribution is -2.58. The molecule has 0 radical (unpaired) electrons. The number of halogens is 1. The number of rotatable bonds is 5. The van der Waals surface area contributed by atoms with Gasteiger partial charge in [-0.15, -0.1) is 0 Å². The second-order valence-corrected chi connectivity index (χ2v) is 9.29. The molecule has 3 aliphatic rings. The number of benzene rings is 2. The zero-order chi connectivity index (χ0) is 24.7. The van der Waals surface area contributed by atoms with Gasteiger partial charge >= 0.3 is 5.97 Å². The molecule has 2 fully saturated rings. The van der Waals surface area contributed by atoms with Crippen LogP contribution in [0.15, 0.2) is 24.3 Å². The monoisotopic (exact) mass is 481 g/mol. The van der Waals surface area contributed by atoms with Crippen molar-refractivity contribution in [3.63, 3.8) is 0 Å². The van der Waals surface area contributed by atoms with E-state index >= 15 is 0 Å². The molecule has 3 unspecified atom stereocenters. The number of aliphatic hydroxyl groups excluding tert-OH is 1. The summed E-state index contributed by atoms with van der Waals surface area (Å²) in [6, 6.07) is 8.73. The Labute approximate surface area is 203 Å². The molecule has 2 aromatic rings. The lowest BCUT2D eigenvalue weighted by atomic mass is 9.95. The molecule has 9 heteroatoms. The van der Waals surface area contributed by atoms with Gasteiger partial charge in [0.2, 0.25) is 0 Å². The van der Waals surface area contributed by atoms with Crippen molar-refractivity contribution in [2.45, 2.75) is 31.8 Å². The average molecular weight is 482 g/mol. The molecule has 0 saturated carbocycles. The van der Waals surface area contributed by atoms with Crippen LogP contribution in [0.2, 0.25) is 0 Å². The van der Waals surface area contributed by atoms with Crippen LogP contribution in [0.3, 0.4) is 0 Å². The van der Waals surface area contributed by atoms with Crippen LogP contribution < -0.4 is 4.74 Å². The quantitative estimate of drug-likeness (QED) is 0.651. The Morgan fingerprint density at radius 2 is 2.11 bits per heavy atom. The van der Waals surface area contributed by atoms with Gasteiger partial charge in [-0.2, -0.15) is 5.26 Å². The van der Waals surface area contributed by atoms with Crippen molar-refractivity contribution in [3.05, 3.63) is 63.5 Å². The zero-order valence-corrected chi connectivity index (χ0v) is 19.8. The third-order valence-corrected chi connectivity index (χ3v) is 7.38. The Morgan fingerprint density at radius 1 is 1.29 bits per heavy atom. The van der Waals surface area contributed by atoms with Crippen LogP contribution in [-0.2, 0) is 16.1 Å². The maximum atomic E-state index is 14.6. The van der Waals surface area contributed by atoms with E-state index in [0.29, 0.717) is 30.8 Å². The van der Waals surface area contributed by atoms with Gasteiger partial charge in [-0.25, -0.2) is 9.18 Å². The first kappa shape index (κ1) is 23.7. The predicted molar refractivity (Wildman–Crippen MR) is 123 cm³/mol. The Bertz CT molecular complexity index is 1200. The Balaban J connectivity index is 1.23. The van der Waals surface area contributed by atoms with Crippen molar-refractivity contribution in [2.24, 2.45) is 0 Å². The molecule has 8 nitrogen and oxygen atoms in total. The number of methoxy groups -OCH3 is 1. The molecule has 0 bridgehead atoms. The highest BCUT2D eigenvalue weighted by atomic mass is 19.1. The minimum Gasteiger partial charge on any atom is -0.493 e. The second kappa shape index (κ2) is 9.55. The zero-order valence-electron chi connectivity index (χ0n) is 19.8. The standard InChI is InChI=1S/C26H28FN3O5/c1-15-18(5-6-19-21(15)14-35-26(19)32)22(31)11-29-7-8-30-12-23(34-13-17(30)10-29)20-4-3-16(9-28)24(27)25(20)33-2/h3-6,17,22-23,31H,7-8,10-14H2,1-2H3. The predicted octanol–water partition coefficient (Wildman–Crippen LogP) is 2.48. The molecule has 184 valence electrons. The van der Waals surface area contributed by atoms with Crippen molar-refractivity contribution < 1.29 is 28.5 Å². The van der Waals surface area contributed by atoms with Crippen molar-refractivity contribution in [2.75, 3.05) is 46.4 Å². The first-order valence-corrected chi connectivity index (χ1v) is 11.7. The molecule has 35 heavy (non-hydrogen) atoms. The molecule has 3 atom stereocenters. The first-order valence-electron chi connectivity index (χ1n) is 11.7. The summed E-state index contributed by atoms with van der Waals surface area (Å²) in [6.07, 6.45) is -1.02. The van der Waals surface area contributed by atoms with Gasteiger partial charge in [0, 0.05) is 49.9 Å². The number of carbonyl (C=O) groups excluding carboxylic acids is 1. The second-order valence-electron chi connectivity index (χ2n) is 9.29. The number of nitriles is 1. The Hall–Kier alpha value is -3.03. The molecule has 3 aliphatic heterocycles. The van der Waals surface area contributed by atoms with Crippen molar-refractivity contribution in [3.8, 4) is 11.8 Å². The van der Waals surface area contributed by atoms with Crippen molar-refractivity contribution in [1.29, 1.82) is 5.26 Å². The minimum atomic E-state index is -0.675. The summed E-state index contributed by atoms with van der Waals surface area (Å²) in [5.74, 6) is -0.905. The SMILES string of the molecule is COc1c(C2CN3CCN(CC(O)c4ccc5c(c4C)COC5=O)CC3CO2)ccc(C#N)c1F. The third-order valence-electron chi connectivity index (χ3n) is 7.38. The molecule has 0 aliphatic carbocycles. The number of cyclic esters (lactones) is 1. The van der Waals surface area contributed by atoms with E-state index in [4.69, 9.17) is 19.5 Å². The highest BCUT2D eigenvalue weighted by Crippen LogP contribution is 2.36. The molecule has 2 aromatic carbocycles. The summed E-state index contributed by atoms with van der Waals surface area (Å²) in [4.78, 5) is 16.4. The molecule has 1 N–H and O–H groups in total. The highest BCUT2D eigenvalue weighted by molar-refractivity contribution is 5.93. The molecule has 0 amide bonds. The van der Waals surface area contributed by atoms with Gasteiger partial charge in [-0.3, -0.25) is 9.80 Å². The fourth-order valence-corrected chi connectivity index (χ4v) is 5.39. The van der Waals surface area contributed by atoms with E-state index in [1.807, 2.05) is 19.1 Å². The van der Waals surface area contributed by atoms with Gasteiger partial charge in [0.25, 0.3) is 0 Å². The molecular weight excluding hydrogens is 453 g/mol. The summed E-state index contributed by atoms with van der Waals surface area (Å²) >= 11 is 0. The van der Waals surface area contributed by atoms with Gasteiger partial charge in [0.05, 0.1) is 37.1 Å². The maximum absolute atomic E-state index is 14.6. The minimum absolute atomic E-state index is 0.0517. The van der Waals surface area contributed by atoms with Gasteiger partial charge in [0.15, 0.2) is 11.6 Å². The van der Waals surface area contributed by atoms with Crippen LogP contribution in [0.25, 0.3) is 0 Å². The number of ether oxygens (including phenoxy) is 3. The highest BCUT2D eigenvalue weighted by Gasteiger charge is 2.36. The fraction of sp³-hybridized carbons (Fsp3) is 0.462. The van der Waals surface area contributed by atoms with E-state index in [2.05, 4.69) is 9.80 Å². The lowest BCUT2D eigenvalue weighted by molar-refractivity contribution is -0.0943. The molecule has 5 rings (SSSR count). The van der Waals surface area contributed by atoms with E-state index in [-0.39, 0.29) is 36.0 Å². The Morgan fingerprint density at radius 3 is 2.89 bits per heavy atom. The van der Waals surface area contributed by atoms with Crippen molar-refractivity contribution >= 4 is 5.97 Å². The van der Waals surface area contributed by atoms with Gasteiger partial charge in [-0.05, 0) is 30.2 Å². The topological polar surface area (TPSA) is 95.3 Å². The van der Waals surface area contributed by atoms with Gasteiger partial charge in [-0.1, -0.05) is 12.1 Å². The number of piperazine rings is 1. The number of aliphatic hydroxyl groups is 1. The summed E-state index contributed by atoms with van der Waals surface area (Å²) in [5.41, 5.74) is 3.72. The summed E-state index contributed by atoms with van der Waals surface area (Å²) in [5, 5.41) is 20.1. The van der Waals surface area contributed by atoms with Crippen LogP contribution in [0, 0.1) is 24.1 Å². The number of carbonyl (C=O) groups is 1. The van der Waals surface area contributed by atoms with Crippen LogP contribution in [0.1, 0.15) is 50.4 Å². The van der Waals surface area contributed by atoms with Crippen LogP contribution in [0.5, 0.6) is 5.75 Å². The number of fused-ring (bicyclic) bond motifs is 2. The number of nitrogens with zero attached hydrogens (tertiary/aromatic N) is 3. The van der Waals surface area contributed by atoms with Crippen molar-refractivity contribution in [1.82, 2.24) is 9.80 Å². The number of β-amino-alcohol motifs (C(OH)–C–C–N with tert-alkyl or cyclic N) is 1. The van der Waals surface area contributed by atoms with E-state index in [1.54, 1.807) is 12.1 Å². The van der Waals surface area contributed by atoms with E-state index in [0.717, 1.165) is 36.3 Å². The lowest BCUT2D eigenvalue weighted by Gasteiger charge is -2.46. The van der Waals surface area contributed by atoms with E-state index < -0.39 is 11.9 Å². The van der Waals surface area contributed by atoms with E-state index in [9.17, 15) is 14.3 Å². The fourth-order valence-electron chi connectivity index (χ4n) is 5.39. The van der Waals surface area contributed by atoms with Crippen LogP contribution in [-0.4, -0.2) is 73.4 Å². The molecular formula is C26H28FN3O5. The summed E-state index contributed by atoms with van der Waals surface area (Å²) in [7, 11) is 1.40. The molecule has 3 heterocycles. The largest absolute Gasteiger partial charge is 0.493 e. The number of hydrogen-bond donors (Lipinski definition) is 1. The summed E-state index contributed by atoms with van der Waals surface area (Å²) < 4.78 is 31.1. The maximum Gasteiger partial charge on any atom is 0.338 e. The van der Waals surface area contributed by atoms with Gasteiger partial charge < -0.3 is 19.3 Å². The third kappa shape index (κ3) is 4.28. The average Bonchev–Trinajstić information content (AvgIpc) is 3.25. The first-order chi connectivity index (χ1) is 16.9. The molecule has 0 spiro atoms. The van der Waals surface area contributed by atoms with Gasteiger partial charge in [0.1, 0.15) is 12.7 Å². The smallest absolute Gasteiger partial charge is 0.338 e. The van der Waals surface area contributed by atoms with Crippen LogP contribution in [0.4, 0.5) is 4.39 Å². The number of hydrogen-bond acceptors (Lipinski definition) is 8. The molecule has 2 saturated heterocycles.